The molecule has 0 aliphatic carbocycles. The monoisotopic (exact) mass is 550 g/mol. The molecule has 0 saturated carbocycles. The molecule has 6 rings (SSSR count). The summed E-state index contributed by atoms with van der Waals surface area (Å²) in [6.07, 6.45) is 1.61. The van der Waals surface area contributed by atoms with Crippen LogP contribution in [0.1, 0.15) is 50.6 Å². The van der Waals surface area contributed by atoms with Crippen LogP contribution in [0.5, 0.6) is 0 Å². The average Bonchev–Trinajstić information content (AvgIpc) is 3.54. The lowest BCUT2D eigenvalue weighted by Gasteiger charge is -2.34. The third-order valence-electron chi connectivity index (χ3n) is 9.58. The molecule has 3 aliphatic heterocycles. The Bertz CT molecular complexity index is 1370. The molecule has 2 amide bonds. The lowest BCUT2D eigenvalue weighted by Crippen LogP contribution is -2.49. The van der Waals surface area contributed by atoms with Gasteiger partial charge in [0, 0.05) is 44.8 Å². The minimum Gasteiger partial charge on any atom is -0.348 e. The summed E-state index contributed by atoms with van der Waals surface area (Å²) < 4.78 is 0. The molecule has 1 N–H and O–H groups in total. The first-order chi connectivity index (χ1) is 19.9. The van der Waals surface area contributed by atoms with Crippen LogP contribution in [0.15, 0.2) is 72.8 Å². The number of carbonyl (C=O) groups excluding carboxylic acids is 2. The molecular formula is C35H42N4O2. The Labute approximate surface area is 244 Å². The highest BCUT2D eigenvalue weighted by molar-refractivity contribution is 5.97. The summed E-state index contributed by atoms with van der Waals surface area (Å²) in [6, 6.07) is 24.7. The maximum absolute atomic E-state index is 13.6. The Kier molecular flexibility index (Phi) is 7.96. The fraction of sp³-hybridized carbons (Fsp3) is 0.429. The van der Waals surface area contributed by atoms with E-state index in [9.17, 15) is 9.59 Å². The van der Waals surface area contributed by atoms with Crippen molar-refractivity contribution in [2.24, 2.45) is 11.8 Å². The first kappa shape index (κ1) is 27.7. The number of amides is 2. The van der Waals surface area contributed by atoms with Gasteiger partial charge in [-0.2, -0.15) is 0 Å². The van der Waals surface area contributed by atoms with Crippen molar-refractivity contribution in [1.29, 1.82) is 0 Å². The summed E-state index contributed by atoms with van der Waals surface area (Å²) in [6.45, 7) is 9.49. The van der Waals surface area contributed by atoms with E-state index in [4.69, 9.17) is 0 Å². The first-order valence-corrected chi connectivity index (χ1v) is 15.1. The number of nitrogens with one attached hydrogen (secondary N) is 1. The number of likely N-dealkylation sites (tertiary alicyclic amines) is 2. The van der Waals surface area contributed by atoms with Gasteiger partial charge >= 0.3 is 0 Å². The molecule has 3 aliphatic rings. The third kappa shape index (κ3) is 5.81. The van der Waals surface area contributed by atoms with Crippen LogP contribution in [0.4, 0.5) is 0 Å². The number of rotatable bonds is 7. The topological polar surface area (TPSA) is 55.9 Å². The lowest BCUT2D eigenvalue weighted by atomic mass is 9.93. The van der Waals surface area contributed by atoms with E-state index in [1.165, 1.54) is 11.1 Å². The quantitative estimate of drug-likeness (QED) is 0.467. The smallest absolute Gasteiger partial charge is 0.254 e. The summed E-state index contributed by atoms with van der Waals surface area (Å²) in [5, 5.41) is 3.43. The van der Waals surface area contributed by atoms with E-state index in [2.05, 4.69) is 75.6 Å². The summed E-state index contributed by atoms with van der Waals surface area (Å²) in [5.41, 5.74) is 6.74. The predicted molar refractivity (Wildman–Crippen MR) is 163 cm³/mol. The number of hydrogen-bond acceptors (Lipinski definition) is 4. The minimum absolute atomic E-state index is 0.0307. The molecule has 0 spiro atoms. The number of aryl methyl sites for hydroxylation is 2. The van der Waals surface area contributed by atoms with Gasteiger partial charge < -0.3 is 15.1 Å². The maximum atomic E-state index is 13.6. The zero-order valence-corrected chi connectivity index (χ0v) is 24.6. The second-order valence-electron chi connectivity index (χ2n) is 12.4. The molecule has 41 heavy (non-hydrogen) atoms. The van der Waals surface area contributed by atoms with E-state index in [1.54, 1.807) is 0 Å². The van der Waals surface area contributed by atoms with E-state index in [-0.39, 0.29) is 23.9 Å². The molecule has 0 bridgehead atoms. The van der Waals surface area contributed by atoms with Gasteiger partial charge in [-0.25, -0.2) is 0 Å². The molecule has 214 valence electrons. The summed E-state index contributed by atoms with van der Waals surface area (Å²) in [7, 11) is 2.05. The molecule has 0 radical (unpaired) electrons. The molecule has 2 saturated heterocycles. The Morgan fingerprint density at radius 1 is 0.829 bits per heavy atom. The van der Waals surface area contributed by atoms with Crippen LogP contribution in [0, 0.1) is 25.7 Å². The molecule has 6 heteroatoms. The van der Waals surface area contributed by atoms with Crippen LogP contribution in [-0.4, -0.2) is 72.3 Å². The van der Waals surface area contributed by atoms with Crippen LogP contribution in [-0.2, 0) is 17.8 Å². The highest BCUT2D eigenvalue weighted by Crippen LogP contribution is 2.33. The normalized spacial score (nSPS) is 23.2. The van der Waals surface area contributed by atoms with Crippen LogP contribution < -0.4 is 5.32 Å². The molecule has 3 heterocycles. The zero-order chi connectivity index (χ0) is 28.5. The van der Waals surface area contributed by atoms with E-state index in [1.807, 2.05) is 38.1 Å². The van der Waals surface area contributed by atoms with Gasteiger partial charge in [0.25, 0.3) is 5.91 Å². The highest BCUT2D eigenvalue weighted by atomic mass is 16.2. The molecular weight excluding hydrogens is 508 g/mol. The van der Waals surface area contributed by atoms with Gasteiger partial charge in [-0.05, 0) is 73.4 Å². The first-order valence-electron chi connectivity index (χ1n) is 15.1. The van der Waals surface area contributed by atoms with Crippen molar-refractivity contribution in [3.8, 4) is 0 Å². The fourth-order valence-corrected chi connectivity index (χ4v) is 7.28. The fourth-order valence-electron chi connectivity index (χ4n) is 7.28. The Morgan fingerprint density at radius 2 is 1.46 bits per heavy atom. The van der Waals surface area contributed by atoms with Gasteiger partial charge in [0.2, 0.25) is 5.91 Å². The molecule has 3 aromatic rings. The largest absolute Gasteiger partial charge is 0.348 e. The number of hydrogen-bond donors (Lipinski definition) is 1. The van der Waals surface area contributed by atoms with Crippen molar-refractivity contribution in [1.82, 2.24) is 20.0 Å². The lowest BCUT2D eigenvalue weighted by molar-refractivity contribution is -0.127. The number of nitrogens with zero attached hydrogens (tertiary/aromatic N) is 3. The molecule has 0 aromatic heterocycles. The second kappa shape index (κ2) is 11.8. The van der Waals surface area contributed by atoms with Crippen LogP contribution in [0.3, 0.4) is 0 Å². The minimum atomic E-state index is -0.164. The maximum Gasteiger partial charge on any atom is 0.254 e. The number of fused-ring (bicyclic) bond motifs is 2. The third-order valence-corrected chi connectivity index (χ3v) is 9.58. The van der Waals surface area contributed by atoms with Crippen LogP contribution >= 0.6 is 0 Å². The van der Waals surface area contributed by atoms with E-state index in [0.717, 1.165) is 74.4 Å². The number of carbonyl (C=O) groups is 2. The van der Waals surface area contributed by atoms with Gasteiger partial charge in [0.1, 0.15) is 0 Å². The summed E-state index contributed by atoms with van der Waals surface area (Å²) in [5.74, 6) is 1.33. The van der Waals surface area contributed by atoms with Gasteiger partial charge in [-0.3, -0.25) is 14.5 Å². The standard InChI is InChI=1S/C35H42N4O2/c1-24-10-9-11-25(2)33(24)35(41)39-22-29-20-38(21-30(29)23-39)17-16-31(26-12-5-4-6-13-26)36-34(40)32-18-27-14-7-8-15-28(27)19-37(32)3/h4-15,29-32H,16-23H2,1-3H3,(H,36,40)/t29?,30?,31-,32?/m0/s1. The average molecular weight is 551 g/mol. The van der Waals surface area contributed by atoms with Gasteiger partial charge in [0.05, 0.1) is 12.1 Å². The molecule has 3 unspecified atom stereocenters. The predicted octanol–water partition coefficient (Wildman–Crippen LogP) is 4.61. The van der Waals surface area contributed by atoms with Crippen molar-refractivity contribution in [2.75, 3.05) is 39.8 Å². The molecule has 4 atom stereocenters. The van der Waals surface area contributed by atoms with E-state index in [0.29, 0.717) is 11.8 Å². The van der Waals surface area contributed by atoms with Crippen LogP contribution in [0.2, 0.25) is 0 Å². The molecule has 6 nitrogen and oxygen atoms in total. The summed E-state index contributed by atoms with van der Waals surface area (Å²) >= 11 is 0. The van der Waals surface area contributed by atoms with Gasteiger partial charge in [0.15, 0.2) is 0 Å². The van der Waals surface area contributed by atoms with Crippen LogP contribution in [0.25, 0.3) is 0 Å². The zero-order valence-electron chi connectivity index (χ0n) is 24.6. The summed E-state index contributed by atoms with van der Waals surface area (Å²) in [4.78, 5) is 33.8. The molecule has 2 fully saturated rings. The van der Waals surface area contributed by atoms with E-state index >= 15 is 0 Å². The molecule has 3 aromatic carbocycles. The Balaban J connectivity index is 1.07. The van der Waals surface area contributed by atoms with Crippen molar-refractivity contribution in [3.05, 3.63) is 106 Å². The van der Waals surface area contributed by atoms with Crippen molar-refractivity contribution in [3.63, 3.8) is 0 Å². The van der Waals surface area contributed by atoms with Gasteiger partial charge in [-0.15, -0.1) is 0 Å². The Morgan fingerprint density at radius 3 is 2.15 bits per heavy atom. The van der Waals surface area contributed by atoms with Crippen molar-refractivity contribution >= 4 is 11.8 Å². The number of benzene rings is 3. The van der Waals surface area contributed by atoms with E-state index < -0.39 is 0 Å². The van der Waals surface area contributed by atoms with Crippen molar-refractivity contribution < 1.29 is 9.59 Å². The number of likely N-dealkylation sites (N-methyl/N-ethyl adjacent to an activating group) is 1. The van der Waals surface area contributed by atoms with Gasteiger partial charge in [-0.1, -0.05) is 72.8 Å². The second-order valence-corrected chi connectivity index (χ2v) is 12.4. The van der Waals surface area contributed by atoms with Crippen molar-refractivity contribution in [2.45, 2.75) is 45.3 Å². The Hall–Kier alpha value is -3.48. The SMILES string of the molecule is Cc1cccc(C)c1C(=O)N1CC2CN(CC[C@H](NC(=O)C3Cc4ccccc4CN3C)c3ccccc3)CC2C1. The highest BCUT2D eigenvalue weighted by Gasteiger charge is 2.42.